The number of carbonyl (C=O) groups is 3. The van der Waals surface area contributed by atoms with Gasteiger partial charge in [-0.1, -0.05) is 12.1 Å². The number of amides is 2. The van der Waals surface area contributed by atoms with Crippen LogP contribution in [-0.4, -0.2) is 36.7 Å². The summed E-state index contributed by atoms with van der Waals surface area (Å²) in [4.78, 5) is 40.9. The SMILES string of the molecule is COC(=O)c1ccccc1NC(=O)Cc1csc(NC(=O)c2ccc3c(c2)OCO3)n1. The second kappa shape index (κ2) is 8.84. The quantitative estimate of drug-likeness (QED) is 0.567. The highest BCUT2D eigenvalue weighted by Gasteiger charge is 2.18. The van der Waals surface area contributed by atoms with Gasteiger partial charge in [0.15, 0.2) is 16.6 Å². The monoisotopic (exact) mass is 439 g/mol. The Morgan fingerprint density at radius 2 is 1.90 bits per heavy atom. The smallest absolute Gasteiger partial charge is 0.339 e. The van der Waals surface area contributed by atoms with Gasteiger partial charge >= 0.3 is 5.97 Å². The van der Waals surface area contributed by atoms with Crippen LogP contribution in [0.25, 0.3) is 0 Å². The third-order valence-corrected chi connectivity index (χ3v) is 5.16. The Kier molecular flexibility index (Phi) is 5.80. The lowest BCUT2D eigenvalue weighted by Gasteiger charge is -2.08. The van der Waals surface area contributed by atoms with E-state index in [-0.39, 0.29) is 30.6 Å². The first kappa shape index (κ1) is 20.4. The number of ether oxygens (including phenoxy) is 3. The van der Waals surface area contributed by atoms with E-state index in [0.717, 1.165) is 0 Å². The van der Waals surface area contributed by atoms with Crippen molar-refractivity contribution in [1.29, 1.82) is 0 Å². The van der Waals surface area contributed by atoms with Gasteiger partial charge in [-0.15, -0.1) is 11.3 Å². The van der Waals surface area contributed by atoms with E-state index >= 15 is 0 Å². The number of esters is 1. The number of hydrogen-bond acceptors (Lipinski definition) is 8. The average molecular weight is 439 g/mol. The van der Waals surface area contributed by atoms with Gasteiger partial charge in [-0.25, -0.2) is 9.78 Å². The number of carbonyl (C=O) groups excluding carboxylic acids is 3. The highest BCUT2D eigenvalue weighted by Crippen LogP contribution is 2.32. The van der Waals surface area contributed by atoms with E-state index in [1.165, 1.54) is 18.4 Å². The molecule has 0 bridgehead atoms. The van der Waals surface area contributed by atoms with Crippen molar-refractivity contribution in [3.63, 3.8) is 0 Å². The van der Waals surface area contributed by atoms with E-state index in [2.05, 4.69) is 15.6 Å². The van der Waals surface area contributed by atoms with Crippen LogP contribution in [0.3, 0.4) is 0 Å². The van der Waals surface area contributed by atoms with Crippen molar-refractivity contribution >= 4 is 39.9 Å². The molecule has 0 atom stereocenters. The Hall–Kier alpha value is -3.92. The number of nitrogens with zero attached hydrogens (tertiary/aromatic N) is 1. The van der Waals surface area contributed by atoms with Crippen molar-refractivity contribution < 1.29 is 28.6 Å². The number of anilines is 2. The van der Waals surface area contributed by atoms with Crippen LogP contribution in [0, 0.1) is 0 Å². The van der Waals surface area contributed by atoms with Crippen molar-refractivity contribution in [2.24, 2.45) is 0 Å². The van der Waals surface area contributed by atoms with Crippen molar-refractivity contribution in [2.75, 3.05) is 24.5 Å². The maximum absolute atomic E-state index is 12.5. The summed E-state index contributed by atoms with van der Waals surface area (Å²) in [6.07, 6.45) is -0.0219. The Morgan fingerprint density at radius 1 is 1.10 bits per heavy atom. The van der Waals surface area contributed by atoms with Gasteiger partial charge in [0.1, 0.15) is 0 Å². The summed E-state index contributed by atoms with van der Waals surface area (Å²) in [5.41, 5.74) is 1.50. The molecule has 2 amide bonds. The fourth-order valence-corrected chi connectivity index (χ4v) is 3.60. The topological polar surface area (TPSA) is 116 Å². The normalized spacial score (nSPS) is 11.6. The number of rotatable bonds is 6. The van der Waals surface area contributed by atoms with E-state index in [0.29, 0.717) is 33.6 Å². The highest BCUT2D eigenvalue weighted by atomic mass is 32.1. The molecule has 4 rings (SSSR count). The predicted octanol–water partition coefficient (Wildman–Crippen LogP) is 3.09. The van der Waals surface area contributed by atoms with Gasteiger partial charge in [0, 0.05) is 10.9 Å². The molecule has 31 heavy (non-hydrogen) atoms. The van der Waals surface area contributed by atoms with E-state index in [1.54, 1.807) is 47.8 Å². The largest absolute Gasteiger partial charge is 0.465 e. The molecule has 3 aromatic rings. The molecule has 2 aromatic carbocycles. The molecule has 1 aliphatic rings. The molecule has 10 heteroatoms. The Labute approximate surface area is 181 Å². The summed E-state index contributed by atoms with van der Waals surface area (Å²) in [6, 6.07) is 11.4. The number of hydrogen-bond donors (Lipinski definition) is 2. The van der Waals surface area contributed by atoms with Crippen molar-refractivity contribution in [3.05, 3.63) is 64.7 Å². The first-order valence-corrected chi connectivity index (χ1v) is 10.0. The highest BCUT2D eigenvalue weighted by molar-refractivity contribution is 7.14. The van der Waals surface area contributed by atoms with Crippen LogP contribution >= 0.6 is 11.3 Å². The number of methoxy groups -OCH3 is 1. The standard InChI is InChI=1S/C21H17N3O6S/c1-28-20(27)14-4-2-3-5-15(14)23-18(25)9-13-10-31-21(22-13)24-19(26)12-6-7-16-17(8-12)30-11-29-16/h2-8,10H,9,11H2,1H3,(H,23,25)(H,22,24,26). The van der Waals surface area contributed by atoms with Crippen LogP contribution in [0.2, 0.25) is 0 Å². The van der Waals surface area contributed by atoms with Gasteiger partial charge in [-0.3, -0.25) is 14.9 Å². The molecule has 2 N–H and O–H groups in total. The predicted molar refractivity (Wildman–Crippen MR) is 113 cm³/mol. The van der Waals surface area contributed by atoms with Crippen LogP contribution in [-0.2, 0) is 16.0 Å². The summed E-state index contributed by atoms with van der Waals surface area (Å²) in [5.74, 6) is -0.145. The maximum atomic E-state index is 12.5. The minimum absolute atomic E-state index is 0.0219. The lowest BCUT2D eigenvalue weighted by Crippen LogP contribution is -2.17. The molecule has 158 valence electrons. The fourth-order valence-electron chi connectivity index (χ4n) is 2.89. The number of thiazole rings is 1. The van der Waals surface area contributed by atoms with Crippen molar-refractivity contribution in [1.82, 2.24) is 4.98 Å². The molecule has 0 fully saturated rings. The molecule has 0 saturated heterocycles. The minimum Gasteiger partial charge on any atom is -0.465 e. The van der Waals surface area contributed by atoms with E-state index < -0.39 is 5.97 Å². The number of aromatic nitrogens is 1. The molecule has 0 spiro atoms. The molecule has 0 unspecified atom stereocenters. The molecular formula is C21H17N3O6S. The van der Waals surface area contributed by atoms with Crippen LogP contribution in [0.15, 0.2) is 47.8 Å². The maximum Gasteiger partial charge on any atom is 0.339 e. The number of para-hydroxylation sites is 1. The zero-order valence-corrected chi connectivity index (χ0v) is 17.2. The summed E-state index contributed by atoms with van der Waals surface area (Å²) >= 11 is 1.20. The molecule has 2 heterocycles. The molecule has 9 nitrogen and oxygen atoms in total. The number of fused-ring (bicyclic) bond motifs is 1. The second-order valence-electron chi connectivity index (χ2n) is 6.43. The molecule has 0 aliphatic carbocycles. The van der Waals surface area contributed by atoms with Gasteiger partial charge in [-0.2, -0.15) is 0 Å². The van der Waals surface area contributed by atoms with E-state index in [4.69, 9.17) is 14.2 Å². The van der Waals surface area contributed by atoms with Crippen molar-refractivity contribution in [2.45, 2.75) is 6.42 Å². The lowest BCUT2D eigenvalue weighted by molar-refractivity contribution is -0.115. The van der Waals surface area contributed by atoms with Gasteiger partial charge in [-0.05, 0) is 30.3 Å². The molecule has 1 aliphatic heterocycles. The zero-order chi connectivity index (χ0) is 21.8. The lowest BCUT2D eigenvalue weighted by atomic mass is 10.1. The summed E-state index contributed by atoms with van der Waals surface area (Å²) < 4.78 is 15.2. The first-order valence-electron chi connectivity index (χ1n) is 9.16. The minimum atomic E-state index is -0.543. The van der Waals surface area contributed by atoms with Crippen molar-refractivity contribution in [3.8, 4) is 11.5 Å². The zero-order valence-electron chi connectivity index (χ0n) is 16.3. The third kappa shape index (κ3) is 4.64. The number of nitrogens with one attached hydrogen (secondary N) is 2. The summed E-state index contributed by atoms with van der Waals surface area (Å²) in [6.45, 7) is 0.127. The van der Waals surface area contributed by atoms with Crippen LogP contribution in [0.5, 0.6) is 11.5 Å². The summed E-state index contributed by atoms with van der Waals surface area (Å²) in [7, 11) is 1.27. The number of benzene rings is 2. The molecule has 0 saturated carbocycles. The van der Waals surface area contributed by atoms with Gasteiger partial charge in [0.05, 0.1) is 30.5 Å². The molecule has 0 radical (unpaired) electrons. The second-order valence-corrected chi connectivity index (χ2v) is 7.29. The fraction of sp³-hybridized carbons (Fsp3) is 0.143. The molecule has 1 aromatic heterocycles. The Bertz CT molecular complexity index is 1160. The van der Waals surface area contributed by atoms with Crippen LogP contribution in [0.1, 0.15) is 26.4 Å². The van der Waals surface area contributed by atoms with Crippen LogP contribution in [0.4, 0.5) is 10.8 Å². The Morgan fingerprint density at radius 3 is 2.74 bits per heavy atom. The summed E-state index contributed by atoms with van der Waals surface area (Å²) in [5, 5.41) is 7.43. The average Bonchev–Trinajstić information content (AvgIpc) is 3.42. The van der Waals surface area contributed by atoms with Crippen LogP contribution < -0.4 is 20.1 Å². The van der Waals surface area contributed by atoms with Gasteiger partial charge < -0.3 is 19.5 Å². The third-order valence-electron chi connectivity index (χ3n) is 4.36. The molecular weight excluding hydrogens is 422 g/mol. The Balaban J connectivity index is 1.37. The van der Waals surface area contributed by atoms with E-state index in [1.807, 2.05) is 0 Å². The first-order chi connectivity index (χ1) is 15.0. The van der Waals surface area contributed by atoms with E-state index in [9.17, 15) is 14.4 Å². The van der Waals surface area contributed by atoms with Gasteiger partial charge in [0.2, 0.25) is 12.7 Å². The van der Waals surface area contributed by atoms with Gasteiger partial charge in [0.25, 0.3) is 5.91 Å².